The summed E-state index contributed by atoms with van der Waals surface area (Å²) in [6, 6.07) is 11.5. The number of carbonyl (C=O) groups is 1. The molecule has 1 aliphatic heterocycles. The minimum Gasteiger partial charge on any atom is -0.451 e. The highest BCUT2D eigenvalue weighted by Gasteiger charge is 2.34. The normalized spacial score (nSPS) is 20.0. The van der Waals surface area contributed by atoms with E-state index in [1.54, 1.807) is 17.0 Å². The molecule has 1 amide bonds. The maximum atomic E-state index is 13.2. The highest BCUT2D eigenvalue weighted by atomic mass is 19.4. The van der Waals surface area contributed by atoms with Gasteiger partial charge in [-0.05, 0) is 49.7 Å². The second kappa shape index (κ2) is 8.46. The van der Waals surface area contributed by atoms with Crippen molar-refractivity contribution < 1.29 is 31.5 Å². The average molecular weight is 450 g/mol. The number of furan rings is 1. The SMILES string of the molecule is C[C@@H]1CN(Cc2ccc(F)cc2)[C@@H](C)CN1C(=O)c1cc2ccc(OC(F)(F)F)cc2o1. The average Bonchev–Trinajstić information content (AvgIpc) is 3.14. The second-order valence-corrected chi connectivity index (χ2v) is 8.07. The molecule has 32 heavy (non-hydrogen) atoms. The smallest absolute Gasteiger partial charge is 0.451 e. The van der Waals surface area contributed by atoms with Gasteiger partial charge in [0.1, 0.15) is 17.1 Å². The third-order valence-corrected chi connectivity index (χ3v) is 5.61. The van der Waals surface area contributed by atoms with Crippen molar-refractivity contribution in [2.24, 2.45) is 0 Å². The molecule has 0 unspecified atom stereocenters. The summed E-state index contributed by atoms with van der Waals surface area (Å²) in [5.74, 6) is -0.946. The van der Waals surface area contributed by atoms with Crippen LogP contribution in [0.3, 0.4) is 0 Å². The number of rotatable bonds is 4. The van der Waals surface area contributed by atoms with Gasteiger partial charge in [-0.1, -0.05) is 12.1 Å². The monoisotopic (exact) mass is 450 g/mol. The van der Waals surface area contributed by atoms with E-state index in [0.29, 0.717) is 25.0 Å². The van der Waals surface area contributed by atoms with Crippen LogP contribution < -0.4 is 4.74 Å². The molecule has 9 heteroatoms. The van der Waals surface area contributed by atoms with E-state index in [2.05, 4.69) is 9.64 Å². The lowest BCUT2D eigenvalue weighted by Crippen LogP contribution is -2.57. The van der Waals surface area contributed by atoms with Crippen molar-refractivity contribution in [3.63, 3.8) is 0 Å². The zero-order valence-corrected chi connectivity index (χ0v) is 17.5. The van der Waals surface area contributed by atoms with E-state index >= 15 is 0 Å². The van der Waals surface area contributed by atoms with Gasteiger partial charge in [-0.2, -0.15) is 0 Å². The van der Waals surface area contributed by atoms with Crippen LogP contribution in [0.25, 0.3) is 11.0 Å². The maximum absolute atomic E-state index is 13.2. The van der Waals surface area contributed by atoms with Gasteiger partial charge in [0.2, 0.25) is 0 Å². The number of ether oxygens (including phenoxy) is 1. The van der Waals surface area contributed by atoms with Gasteiger partial charge in [0.05, 0.1) is 0 Å². The van der Waals surface area contributed by atoms with Crippen LogP contribution in [0.15, 0.2) is 52.9 Å². The number of piperazine rings is 1. The summed E-state index contributed by atoms with van der Waals surface area (Å²) in [5, 5.41) is 0.513. The molecule has 0 bridgehead atoms. The first-order chi connectivity index (χ1) is 15.1. The molecule has 1 aliphatic rings. The molecule has 3 aromatic rings. The summed E-state index contributed by atoms with van der Waals surface area (Å²) in [4.78, 5) is 17.0. The molecular formula is C23H22F4N2O3. The first kappa shape index (κ1) is 22.1. The van der Waals surface area contributed by atoms with Crippen molar-refractivity contribution in [2.45, 2.75) is 38.8 Å². The number of benzene rings is 2. The Kier molecular flexibility index (Phi) is 5.85. The Balaban J connectivity index is 1.47. The van der Waals surface area contributed by atoms with Gasteiger partial charge in [0, 0.05) is 43.2 Å². The molecule has 0 saturated carbocycles. The van der Waals surface area contributed by atoms with Gasteiger partial charge in [0.25, 0.3) is 5.91 Å². The predicted octanol–water partition coefficient (Wildman–Crippen LogP) is 5.21. The Morgan fingerprint density at radius 2 is 1.78 bits per heavy atom. The Labute approximate surface area is 182 Å². The minimum atomic E-state index is -4.81. The van der Waals surface area contributed by atoms with Crippen LogP contribution in [-0.4, -0.2) is 47.2 Å². The van der Waals surface area contributed by atoms with E-state index in [-0.39, 0.29) is 35.2 Å². The fraction of sp³-hybridized carbons (Fsp3) is 0.348. The summed E-state index contributed by atoms with van der Waals surface area (Å²) in [5.41, 5.74) is 1.13. The van der Waals surface area contributed by atoms with E-state index in [1.165, 1.54) is 30.3 Å². The van der Waals surface area contributed by atoms with Crippen molar-refractivity contribution in [3.05, 3.63) is 65.7 Å². The van der Waals surface area contributed by atoms with E-state index in [4.69, 9.17) is 4.42 Å². The number of hydrogen-bond donors (Lipinski definition) is 0. The topological polar surface area (TPSA) is 45.9 Å². The number of halogens is 4. The minimum absolute atomic E-state index is 0.0522. The molecule has 0 aliphatic carbocycles. The quantitative estimate of drug-likeness (QED) is 0.513. The Morgan fingerprint density at radius 3 is 2.47 bits per heavy atom. The van der Waals surface area contributed by atoms with Crippen LogP contribution in [0.4, 0.5) is 17.6 Å². The Bertz CT molecular complexity index is 1110. The number of fused-ring (bicyclic) bond motifs is 1. The van der Waals surface area contributed by atoms with Crippen LogP contribution in [-0.2, 0) is 6.54 Å². The maximum Gasteiger partial charge on any atom is 0.573 e. The summed E-state index contributed by atoms with van der Waals surface area (Å²) in [6.45, 7) is 5.66. The van der Waals surface area contributed by atoms with Crippen molar-refractivity contribution in [3.8, 4) is 5.75 Å². The number of alkyl halides is 3. The van der Waals surface area contributed by atoms with Crippen LogP contribution in [0.1, 0.15) is 30.0 Å². The van der Waals surface area contributed by atoms with Crippen molar-refractivity contribution >= 4 is 16.9 Å². The van der Waals surface area contributed by atoms with E-state index < -0.39 is 12.1 Å². The molecule has 0 radical (unpaired) electrons. The van der Waals surface area contributed by atoms with Crippen molar-refractivity contribution in [1.29, 1.82) is 0 Å². The molecule has 0 spiro atoms. The number of nitrogens with zero attached hydrogens (tertiary/aromatic N) is 2. The van der Waals surface area contributed by atoms with E-state index in [9.17, 15) is 22.4 Å². The Hall–Kier alpha value is -3.07. The highest BCUT2D eigenvalue weighted by Crippen LogP contribution is 2.29. The lowest BCUT2D eigenvalue weighted by molar-refractivity contribution is -0.274. The molecule has 1 aromatic heterocycles. The lowest BCUT2D eigenvalue weighted by atomic mass is 10.1. The first-order valence-electron chi connectivity index (χ1n) is 10.2. The summed E-state index contributed by atoms with van der Waals surface area (Å²) in [6.07, 6.45) is -4.81. The predicted molar refractivity (Wildman–Crippen MR) is 110 cm³/mol. The number of amides is 1. The van der Waals surface area contributed by atoms with Crippen LogP contribution >= 0.6 is 0 Å². The molecular weight excluding hydrogens is 428 g/mol. The van der Waals surface area contributed by atoms with Crippen LogP contribution in [0.2, 0.25) is 0 Å². The van der Waals surface area contributed by atoms with Crippen molar-refractivity contribution in [2.75, 3.05) is 13.1 Å². The molecule has 1 fully saturated rings. The molecule has 4 rings (SSSR count). The Morgan fingerprint density at radius 1 is 1.06 bits per heavy atom. The number of carbonyl (C=O) groups excluding carboxylic acids is 1. The van der Waals surface area contributed by atoms with Gasteiger partial charge < -0.3 is 14.1 Å². The standard InChI is InChI=1S/C23H22F4N2O3/c1-14-12-29(15(2)11-28(14)13-16-3-6-18(24)7-4-16)22(30)21-9-17-5-8-19(10-20(17)31-21)32-23(25,26)27/h3-10,14-15H,11-13H2,1-2H3/t14-,15+/m0/s1. The summed E-state index contributed by atoms with van der Waals surface area (Å²) in [7, 11) is 0. The second-order valence-electron chi connectivity index (χ2n) is 8.07. The van der Waals surface area contributed by atoms with Gasteiger partial charge in [0.15, 0.2) is 5.76 Å². The third kappa shape index (κ3) is 4.88. The summed E-state index contributed by atoms with van der Waals surface area (Å²) < 4.78 is 60.0. The lowest BCUT2D eigenvalue weighted by Gasteiger charge is -2.43. The van der Waals surface area contributed by atoms with Crippen LogP contribution in [0.5, 0.6) is 5.75 Å². The largest absolute Gasteiger partial charge is 0.573 e. The molecule has 2 atom stereocenters. The summed E-state index contributed by atoms with van der Waals surface area (Å²) >= 11 is 0. The first-order valence-corrected chi connectivity index (χ1v) is 10.2. The molecule has 0 N–H and O–H groups in total. The molecule has 2 heterocycles. The molecule has 170 valence electrons. The van der Waals surface area contributed by atoms with Gasteiger partial charge in [-0.15, -0.1) is 13.2 Å². The zero-order valence-electron chi connectivity index (χ0n) is 17.5. The van der Waals surface area contributed by atoms with Crippen molar-refractivity contribution in [1.82, 2.24) is 9.80 Å². The van der Waals surface area contributed by atoms with Gasteiger partial charge >= 0.3 is 6.36 Å². The molecule has 2 aromatic carbocycles. The molecule has 5 nitrogen and oxygen atoms in total. The number of hydrogen-bond acceptors (Lipinski definition) is 4. The highest BCUT2D eigenvalue weighted by molar-refractivity contribution is 5.96. The van der Waals surface area contributed by atoms with Gasteiger partial charge in [-0.3, -0.25) is 9.69 Å². The fourth-order valence-corrected chi connectivity index (χ4v) is 3.98. The van der Waals surface area contributed by atoms with Crippen LogP contribution in [0, 0.1) is 5.82 Å². The van der Waals surface area contributed by atoms with E-state index in [1.807, 2.05) is 13.8 Å². The fourth-order valence-electron chi connectivity index (χ4n) is 3.98. The van der Waals surface area contributed by atoms with E-state index in [0.717, 1.165) is 11.6 Å². The van der Waals surface area contributed by atoms with Gasteiger partial charge in [-0.25, -0.2) is 4.39 Å². The third-order valence-electron chi connectivity index (χ3n) is 5.61. The molecule has 1 saturated heterocycles. The zero-order chi connectivity index (χ0) is 23.0.